The molecule has 1 fully saturated rings. The highest BCUT2D eigenvalue weighted by Crippen LogP contribution is 2.14. The standard InChI is InChI=1S/C21H27N3O3S/c1-21(2,3)27-20(26)22-18-6-4-17(5-7-18)19(25)24-11-9-23(10-12-24)14-16-8-13-28-15-16/h4-8,13,15H,9-12,14H2,1-3H3,(H,22,26)/p+1. The molecule has 7 heteroatoms. The van der Waals surface area contributed by atoms with E-state index in [-0.39, 0.29) is 5.91 Å². The molecule has 28 heavy (non-hydrogen) atoms. The van der Waals surface area contributed by atoms with Gasteiger partial charge in [0.2, 0.25) is 0 Å². The van der Waals surface area contributed by atoms with Gasteiger partial charge < -0.3 is 14.5 Å². The molecule has 2 heterocycles. The van der Waals surface area contributed by atoms with Gasteiger partial charge in [-0.05, 0) is 61.9 Å². The van der Waals surface area contributed by atoms with E-state index in [1.165, 1.54) is 10.5 Å². The second-order valence-electron chi connectivity index (χ2n) is 8.05. The van der Waals surface area contributed by atoms with Gasteiger partial charge in [-0.3, -0.25) is 10.1 Å². The lowest BCUT2D eigenvalue weighted by atomic mass is 10.1. The molecule has 0 spiro atoms. The van der Waals surface area contributed by atoms with Crippen LogP contribution in [0, 0.1) is 0 Å². The number of rotatable bonds is 4. The van der Waals surface area contributed by atoms with E-state index in [1.54, 1.807) is 35.6 Å². The van der Waals surface area contributed by atoms with Crippen molar-refractivity contribution in [3.05, 3.63) is 52.2 Å². The van der Waals surface area contributed by atoms with Crippen LogP contribution < -0.4 is 10.2 Å². The highest BCUT2D eigenvalue weighted by molar-refractivity contribution is 7.07. The second-order valence-corrected chi connectivity index (χ2v) is 8.83. The summed E-state index contributed by atoms with van der Waals surface area (Å²) in [6.45, 7) is 9.91. The van der Waals surface area contributed by atoms with Crippen LogP contribution in [0.3, 0.4) is 0 Å². The van der Waals surface area contributed by atoms with Crippen molar-refractivity contribution in [1.82, 2.24) is 4.90 Å². The van der Waals surface area contributed by atoms with Crippen molar-refractivity contribution < 1.29 is 19.2 Å². The van der Waals surface area contributed by atoms with Gasteiger partial charge in [-0.2, -0.15) is 11.3 Å². The predicted octanol–water partition coefficient (Wildman–Crippen LogP) is 2.64. The number of benzene rings is 1. The van der Waals surface area contributed by atoms with Gasteiger partial charge in [0.25, 0.3) is 5.91 Å². The van der Waals surface area contributed by atoms with Crippen LogP contribution in [-0.4, -0.2) is 48.7 Å². The van der Waals surface area contributed by atoms with Crippen LogP contribution in [0.5, 0.6) is 0 Å². The van der Waals surface area contributed by atoms with E-state index in [9.17, 15) is 9.59 Å². The first-order valence-electron chi connectivity index (χ1n) is 9.54. The van der Waals surface area contributed by atoms with E-state index in [2.05, 4.69) is 22.1 Å². The van der Waals surface area contributed by atoms with Crippen molar-refractivity contribution in [2.75, 3.05) is 31.5 Å². The summed E-state index contributed by atoms with van der Waals surface area (Å²) in [4.78, 5) is 28.0. The molecule has 2 N–H and O–H groups in total. The molecule has 1 aromatic carbocycles. The highest BCUT2D eigenvalue weighted by Gasteiger charge is 2.24. The molecule has 2 aromatic rings. The van der Waals surface area contributed by atoms with Gasteiger partial charge in [-0.1, -0.05) is 0 Å². The van der Waals surface area contributed by atoms with Crippen molar-refractivity contribution in [1.29, 1.82) is 0 Å². The molecule has 0 bridgehead atoms. The van der Waals surface area contributed by atoms with E-state index in [1.807, 2.05) is 25.7 Å². The summed E-state index contributed by atoms with van der Waals surface area (Å²) < 4.78 is 5.24. The summed E-state index contributed by atoms with van der Waals surface area (Å²) in [7, 11) is 0. The molecule has 0 saturated carbocycles. The molecule has 1 aliphatic heterocycles. The Hall–Kier alpha value is -2.38. The summed E-state index contributed by atoms with van der Waals surface area (Å²) in [6, 6.07) is 9.13. The van der Waals surface area contributed by atoms with E-state index in [4.69, 9.17) is 4.74 Å². The summed E-state index contributed by atoms with van der Waals surface area (Å²) in [6.07, 6.45) is -0.503. The zero-order valence-corrected chi connectivity index (χ0v) is 17.5. The summed E-state index contributed by atoms with van der Waals surface area (Å²) >= 11 is 1.73. The van der Waals surface area contributed by atoms with E-state index in [0.717, 1.165) is 32.7 Å². The molecule has 0 unspecified atom stereocenters. The molecular weight excluding hydrogens is 374 g/mol. The molecule has 6 nitrogen and oxygen atoms in total. The van der Waals surface area contributed by atoms with Gasteiger partial charge >= 0.3 is 6.09 Å². The van der Waals surface area contributed by atoms with Crippen molar-refractivity contribution in [3.8, 4) is 0 Å². The maximum absolute atomic E-state index is 12.8. The monoisotopic (exact) mass is 402 g/mol. The third kappa shape index (κ3) is 5.81. The number of amides is 2. The lowest BCUT2D eigenvalue weighted by Crippen LogP contribution is -3.13. The molecule has 0 radical (unpaired) electrons. The van der Waals surface area contributed by atoms with Crippen molar-refractivity contribution in [3.63, 3.8) is 0 Å². The van der Waals surface area contributed by atoms with Crippen molar-refractivity contribution in [2.45, 2.75) is 32.9 Å². The quantitative estimate of drug-likeness (QED) is 0.826. The Morgan fingerprint density at radius 3 is 2.39 bits per heavy atom. The Kier molecular flexibility index (Phi) is 6.36. The predicted molar refractivity (Wildman–Crippen MR) is 111 cm³/mol. The normalized spacial score (nSPS) is 15.3. The van der Waals surface area contributed by atoms with Gasteiger partial charge in [-0.25, -0.2) is 4.79 Å². The fourth-order valence-electron chi connectivity index (χ4n) is 3.18. The van der Waals surface area contributed by atoms with Crippen LogP contribution in [0.15, 0.2) is 41.1 Å². The van der Waals surface area contributed by atoms with Crippen LogP contribution in [-0.2, 0) is 11.3 Å². The van der Waals surface area contributed by atoms with Crippen LogP contribution >= 0.6 is 11.3 Å². The number of carbonyl (C=O) groups excluding carboxylic acids is 2. The second kappa shape index (κ2) is 8.75. The van der Waals surface area contributed by atoms with Gasteiger partial charge in [0.05, 0.1) is 26.2 Å². The van der Waals surface area contributed by atoms with Crippen LogP contribution in [0.1, 0.15) is 36.7 Å². The molecule has 3 rings (SSSR count). The van der Waals surface area contributed by atoms with Crippen LogP contribution in [0.4, 0.5) is 10.5 Å². The Bertz CT molecular complexity index is 789. The number of piperazine rings is 1. The number of quaternary nitrogens is 1. The first-order valence-corrected chi connectivity index (χ1v) is 10.5. The molecule has 1 aliphatic rings. The maximum atomic E-state index is 12.8. The lowest BCUT2D eigenvalue weighted by molar-refractivity contribution is -0.917. The minimum absolute atomic E-state index is 0.0402. The zero-order chi connectivity index (χ0) is 20.1. The van der Waals surface area contributed by atoms with E-state index < -0.39 is 11.7 Å². The van der Waals surface area contributed by atoms with Gasteiger partial charge in [0.15, 0.2) is 0 Å². The average molecular weight is 403 g/mol. The molecule has 0 atom stereocenters. The molecule has 150 valence electrons. The highest BCUT2D eigenvalue weighted by atomic mass is 32.1. The van der Waals surface area contributed by atoms with Crippen molar-refractivity contribution in [2.24, 2.45) is 0 Å². The average Bonchev–Trinajstić information content (AvgIpc) is 3.14. The summed E-state index contributed by atoms with van der Waals surface area (Å²) in [5.74, 6) is 0.0402. The molecule has 1 aromatic heterocycles. The number of nitrogens with one attached hydrogen (secondary N) is 2. The molecule has 2 amide bonds. The van der Waals surface area contributed by atoms with E-state index in [0.29, 0.717) is 11.3 Å². The molecule has 0 aliphatic carbocycles. The Morgan fingerprint density at radius 1 is 1.14 bits per heavy atom. The summed E-state index contributed by atoms with van der Waals surface area (Å²) in [5.41, 5.74) is 2.06. The van der Waals surface area contributed by atoms with Gasteiger partial charge in [-0.15, -0.1) is 0 Å². The number of hydrogen-bond acceptors (Lipinski definition) is 4. The Balaban J connectivity index is 1.50. The lowest BCUT2D eigenvalue weighted by Gasteiger charge is -2.32. The first-order chi connectivity index (χ1) is 13.3. The molecule has 1 saturated heterocycles. The molecular formula is C21H28N3O3S+. The maximum Gasteiger partial charge on any atom is 0.412 e. The number of thiophene rings is 1. The Morgan fingerprint density at radius 2 is 1.82 bits per heavy atom. The van der Waals surface area contributed by atoms with Gasteiger partial charge in [0.1, 0.15) is 12.1 Å². The Labute approximate surface area is 170 Å². The van der Waals surface area contributed by atoms with Crippen molar-refractivity contribution >= 4 is 29.0 Å². The fourth-order valence-corrected chi connectivity index (χ4v) is 3.85. The number of hydrogen-bond donors (Lipinski definition) is 2. The minimum atomic E-state index is -0.548. The minimum Gasteiger partial charge on any atom is -0.444 e. The van der Waals surface area contributed by atoms with Crippen LogP contribution in [0.2, 0.25) is 0 Å². The number of carbonyl (C=O) groups is 2. The topological polar surface area (TPSA) is 63.1 Å². The van der Waals surface area contributed by atoms with Crippen LogP contribution in [0.25, 0.3) is 0 Å². The summed E-state index contributed by atoms with van der Waals surface area (Å²) in [5, 5.41) is 6.98. The third-order valence-corrected chi connectivity index (χ3v) is 5.30. The first kappa shape index (κ1) is 20.4. The largest absolute Gasteiger partial charge is 0.444 e. The number of anilines is 1. The fraction of sp³-hybridized carbons (Fsp3) is 0.429. The smallest absolute Gasteiger partial charge is 0.412 e. The number of nitrogens with zero attached hydrogens (tertiary/aromatic N) is 1. The zero-order valence-electron chi connectivity index (χ0n) is 16.7. The van der Waals surface area contributed by atoms with Gasteiger partial charge in [0, 0.05) is 16.8 Å². The SMILES string of the molecule is CC(C)(C)OC(=O)Nc1ccc(C(=O)N2CC[NH+](Cc3ccsc3)CC2)cc1. The third-order valence-electron chi connectivity index (χ3n) is 4.57. The number of ether oxygens (including phenoxy) is 1. The van der Waals surface area contributed by atoms with E-state index >= 15 is 0 Å².